The van der Waals surface area contributed by atoms with Gasteiger partial charge in [0.2, 0.25) is 0 Å². The van der Waals surface area contributed by atoms with Gasteiger partial charge in [0.05, 0.1) is 13.2 Å². The third-order valence-corrected chi connectivity index (χ3v) is 14.1. The van der Waals surface area contributed by atoms with Crippen LogP contribution in [-0.2, 0) is 31.1 Å². The molecule has 0 aliphatic carbocycles. The highest BCUT2D eigenvalue weighted by molar-refractivity contribution is 7.32. The maximum absolute atomic E-state index is 7.14. The lowest BCUT2D eigenvalue weighted by molar-refractivity contribution is 0.00461. The molecule has 3 heterocycles. The fraction of sp³-hybridized carbons (Fsp3) is 0.547. The number of aryl methyl sites for hydroxylation is 4. The van der Waals surface area contributed by atoms with Crippen LogP contribution in [0.2, 0.25) is 0 Å². The Morgan fingerprint density at radius 3 is 1.21 bits per heavy atom. The lowest BCUT2D eigenvalue weighted by Gasteiger charge is -2.22. The van der Waals surface area contributed by atoms with Gasteiger partial charge in [-0.15, -0.1) is 0 Å². The number of unbranched alkanes of at least 4 members (excludes halogenated alkanes) is 1. The van der Waals surface area contributed by atoms with Crippen molar-refractivity contribution in [3.05, 3.63) is 93.0 Å². The molecule has 63 heavy (non-hydrogen) atoms. The molecule has 0 unspecified atom stereocenters. The smallest absolute Gasteiger partial charge is 0.387 e. The first-order chi connectivity index (χ1) is 29.3. The monoisotopic (exact) mass is 898 g/mol. The second-order valence-corrected chi connectivity index (χ2v) is 24.2. The van der Waals surface area contributed by atoms with E-state index in [1.54, 1.807) is 0 Å². The minimum atomic E-state index is -2.01. The third-order valence-electron chi connectivity index (χ3n) is 12.0. The van der Waals surface area contributed by atoms with Crippen molar-refractivity contribution in [2.75, 3.05) is 19.8 Å². The fourth-order valence-corrected chi connectivity index (χ4v) is 11.0. The minimum absolute atomic E-state index is 0.136. The van der Waals surface area contributed by atoms with Crippen molar-refractivity contribution in [2.24, 2.45) is 0 Å². The van der Waals surface area contributed by atoms with Gasteiger partial charge in [0.15, 0.2) is 0 Å². The number of benzene rings is 4. The molecule has 0 radical (unpaired) electrons. The molecule has 0 bridgehead atoms. The van der Waals surface area contributed by atoms with E-state index in [9.17, 15) is 0 Å². The summed E-state index contributed by atoms with van der Waals surface area (Å²) < 4.78 is 55.2. The van der Waals surface area contributed by atoms with Crippen molar-refractivity contribution in [3.8, 4) is 0 Å². The fourth-order valence-electron chi connectivity index (χ4n) is 8.63. The summed E-state index contributed by atoms with van der Waals surface area (Å²) in [7, 11) is -3.96. The van der Waals surface area contributed by atoms with Gasteiger partial charge in [0.25, 0.3) is 0 Å². The van der Waals surface area contributed by atoms with E-state index in [1.165, 1.54) is 0 Å². The molecule has 342 valence electrons. The third kappa shape index (κ3) is 10.2. The minimum Gasteiger partial charge on any atom is -0.399 e. The van der Waals surface area contributed by atoms with E-state index in [0.717, 1.165) is 101 Å². The average molecular weight is 899 g/mol. The molecule has 0 amide bonds. The van der Waals surface area contributed by atoms with Gasteiger partial charge in [0.1, 0.15) is 40.6 Å². The zero-order valence-corrected chi connectivity index (χ0v) is 42.8. The first kappa shape index (κ1) is 47.5. The molecule has 1 fully saturated rings. The van der Waals surface area contributed by atoms with Crippen LogP contribution in [0.1, 0.15) is 147 Å². The van der Waals surface area contributed by atoms with E-state index in [4.69, 9.17) is 35.3 Å². The van der Waals surface area contributed by atoms with Gasteiger partial charge < -0.3 is 26.3 Å². The van der Waals surface area contributed by atoms with Crippen LogP contribution in [0.15, 0.2) is 65.3 Å². The molecule has 10 heteroatoms. The molecule has 7 rings (SSSR count). The topological polar surface area (TPSA) is 89.5 Å². The van der Waals surface area contributed by atoms with Gasteiger partial charge in [-0.2, -0.15) is 0 Å². The lowest BCUT2D eigenvalue weighted by Crippen LogP contribution is -2.39. The zero-order valence-electron chi connectivity index (χ0n) is 41.0. The normalized spacial score (nSPS) is 17.8. The molecular weight excluding hydrogens is 827 g/mol. The Balaban J connectivity index is 1.40. The number of hydrogen-bond acceptors (Lipinski definition) is 8. The van der Waals surface area contributed by atoms with Crippen LogP contribution in [0.5, 0.6) is 0 Å². The Hall–Kier alpha value is -3.48. The van der Waals surface area contributed by atoms with Crippen molar-refractivity contribution in [1.82, 2.24) is 0 Å². The number of rotatable bonds is 9. The van der Waals surface area contributed by atoms with E-state index >= 15 is 0 Å². The van der Waals surface area contributed by atoms with Crippen LogP contribution in [0.25, 0.3) is 43.9 Å². The molecule has 1 saturated heterocycles. The summed E-state index contributed by atoms with van der Waals surface area (Å²) in [6, 6.07) is 17.8. The van der Waals surface area contributed by atoms with Crippen LogP contribution in [0.3, 0.4) is 0 Å². The highest BCUT2D eigenvalue weighted by atomic mass is 31.1. The van der Waals surface area contributed by atoms with Crippen LogP contribution in [0, 0.1) is 27.7 Å². The maximum Gasteiger partial charge on any atom is 0.387 e. The Labute approximate surface area is 377 Å². The van der Waals surface area contributed by atoms with Crippen LogP contribution in [-0.4, -0.2) is 38.1 Å². The molecule has 8 nitrogen and oxygen atoms in total. The molecule has 3 atom stereocenters. The standard InChI is InChI=1S/C53H72O8P2/c1-18-19-20-54-43-29-55-44(30-56-62-57-45-35(21-31(2)25-39(45)50(6,7)8)36-22-32(3)26-40(46(36)58-62)51(9,10)11)49(43)61-63-59-47-37(23-33(4)27-41(47)52(12,13)14)38-24-34(5)28-42(48(38)60-63)53(15,16)17/h21-28,43-44,49H,18-20,29-30H2,1-17H3/t43-,44+,49+/m0/s1. The van der Waals surface area contributed by atoms with Gasteiger partial charge in [-0.05, 0) is 102 Å². The summed E-state index contributed by atoms with van der Waals surface area (Å²) in [5.74, 6) is 0. The van der Waals surface area contributed by atoms with Crippen molar-refractivity contribution >= 4 is 60.4 Å². The van der Waals surface area contributed by atoms with E-state index in [1.807, 2.05) is 0 Å². The maximum atomic E-state index is 7.14. The highest BCUT2D eigenvalue weighted by Gasteiger charge is 2.42. The second kappa shape index (κ2) is 17.7. The summed E-state index contributed by atoms with van der Waals surface area (Å²) in [4.78, 5) is 0. The Morgan fingerprint density at radius 1 is 0.524 bits per heavy atom. The average Bonchev–Trinajstić information content (AvgIpc) is 3.37. The second-order valence-electron chi connectivity index (χ2n) is 22.1. The van der Waals surface area contributed by atoms with Crippen LogP contribution in [0.4, 0.5) is 0 Å². The zero-order chi connectivity index (χ0) is 46.0. The van der Waals surface area contributed by atoms with Crippen molar-refractivity contribution in [1.29, 1.82) is 0 Å². The van der Waals surface area contributed by atoms with Gasteiger partial charge in [0, 0.05) is 50.4 Å². The molecular formula is C53H72O8P2. The molecule has 1 aliphatic rings. The number of ether oxygens (including phenoxy) is 2. The molecule has 0 spiro atoms. The summed E-state index contributed by atoms with van der Waals surface area (Å²) in [5.41, 5.74) is 11.4. The van der Waals surface area contributed by atoms with Gasteiger partial charge in [-0.1, -0.05) is 121 Å². The lowest BCUT2D eigenvalue weighted by atomic mass is 9.83. The molecule has 1 aliphatic heterocycles. The van der Waals surface area contributed by atoms with E-state index in [2.05, 4.69) is 166 Å². The number of fused-ring (bicyclic) bond motifs is 6. The van der Waals surface area contributed by atoms with E-state index < -0.39 is 28.7 Å². The molecule has 0 saturated carbocycles. The Morgan fingerprint density at radius 2 is 0.873 bits per heavy atom. The first-order valence-corrected chi connectivity index (χ1v) is 25.0. The van der Waals surface area contributed by atoms with Crippen molar-refractivity contribution < 1.29 is 35.3 Å². The summed E-state index contributed by atoms with van der Waals surface area (Å²) >= 11 is 0. The highest BCUT2D eigenvalue weighted by Crippen LogP contribution is 2.46. The van der Waals surface area contributed by atoms with Crippen molar-refractivity contribution in [3.63, 3.8) is 0 Å². The molecule has 0 N–H and O–H groups in total. The van der Waals surface area contributed by atoms with Gasteiger partial charge in [-0.3, -0.25) is 9.05 Å². The quantitative estimate of drug-likeness (QED) is 0.133. The predicted molar refractivity (Wildman–Crippen MR) is 263 cm³/mol. The van der Waals surface area contributed by atoms with E-state index in [0.29, 0.717) is 13.2 Å². The summed E-state index contributed by atoms with van der Waals surface area (Å²) in [6.07, 6.45) is 0.444. The first-order valence-electron chi connectivity index (χ1n) is 22.8. The Kier molecular flexibility index (Phi) is 13.4. The van der Waals surface area contributed by atoms with Gasteiger partial charge in [-0.25, -0.2) is 0 Å². The van der Waals surface area contributed by atoms with Crippen LogP contribution < -0.4 is 9.05 Å². The predicted octanol–water partition coefficient (Wildman–Crippen LogP) is 15.8. The SMILES string of the molecule is CCCCO[C@H]1CO[C@H](COp2oc3c(C(C)(C)C)cc(C)cc3c3cc(C)cc(C(C)(C)C)c3o2)[C@@H]1Op1oc2c(C(C)(C)C)cc(C)cc2c2cc(C)cc(C(C)(C)C)c2o1. The summed E-state index contributed by atoms with van der Waals surface area (Å²) in [5, 5.41) is 4.05. The Bertz CT molecular complexity index is 2570. The van der Waals surface area contributed by atoms with Crippen LogP contribution >= 0.6 is 16.5 Å². The molecule has 2 aromatic heterocycles. The largest absolute Gasteiger partial charge is 0.399 e. The van der Waals surface area contributed by atoms with E-state index in [-0.39, 0.29) is 34.4 Å². The van der Waals surface area contributed by atoms with Gasteiger partial charge >= 0.3 is 16.5 Å². The number of hydrogen-bond donors (Lipinski definition) is 0. The summed E-state index contributed by atoms with van der Waals surface area (Å²) in [6.45, 7) is 38.5. The molecule has 6 aromatic rings. The molecule has 4 aromatic carbocycles. The van der Waals surface area contributed by atoms with Crippen molar-refractivity contribution in [2.45, 2.75) is 171 Å².